The van der Waals surface area contributed by atoms with Crippen LogP contribution in [0.15, 0.2) is 48.2 Å². The molecule has 1 aromatic carbocycles. The van der Waals surface area contributed by atoms with Crippen LogP contribution in [0.2, 0.25) is 0 Å². The first kappa shape index (κ1) is 8.94. The van der Waals surface area contributed by atoms with Crippen LogP contribution in [0.1, 0.15) is 11.3 Å². The summed E-state index contributed by atoms with van der Waals surface area (Å²) in [6.07, 6.45) is 7.34. The van der Waals surface area contributed by atoms with Crippen LogP contribution in [0.5, 0.6) is 0 Å². The summed E-state index contributed by atoms with van der Waals surface area (Å²) in [4.78, 5) is 4.43. The van der Waals surface area contributed by atoms with Gasteiger partial charge in [-0.3, -0.25) is 4.98 Å². The van der Waals surface area contributed by atoms with Crippen molar-refractivity contribution in [3.63, 3.8) is 0 Å². The van der Waals surface area contributed by atoms with Crippen molar-refractivity contribution in [1.29, 1.82) is 0 Å². The zero-order valence-electron chi connectivity index (χ0n) is 9.35. The first-order chi connectivity index (χ1) is 8.42. The third-order valence-electron chi connectivity index (χ3n) is 3.53. The van der Waals surface area contributed by atoms with Crippen LogP contribution >= 0.6 is 0 Å². The molecule has 0 bridgehead atoms. The fourth-order valence-corrected chi connectivity index (χ4v) is 2.70. The SMILES string of the molecule is C1=C2C=c3ccccc3=C2Cc2cccnc21. The lowest BCUT2D eigenvalue weighted by molar-refractivity contribution is 1.16. The lowest BCUT2D eigenvalue weighted by Crippen LogP contribution is -2.22. The number of fused-ring (bicyclic) bond motifs is 3. The smallest absolute Gasteiger partial charge is 0.0671 e. The van der Waals surface area contributed by atoms with Gasteiger partial charge in [-0.05, 0) is 45.4 Å². The molecule has 2 aliphatic rings. The summed E-state index contributed by atoms with van der Waals surface area (Å²) in [5.74, 6) is 0. The molecular weight excluding hydrogens is 206 g/mol. The van der Waals surface area contributed by atoms with E-state index in [-0.39, 0.29) is 0 Å². The van der Waals surface area contributed by atoms with Gasteiger partial charge in [-0.15, -0.1) is 0 Å². The number of pyridine rings is 1. The Bertz CT molecular complexity index is 766. The first-order valence-corrected chi connectivity index (χ1v) is 5.88. The molecule has 0 atom stereocenters. The first-order valence-electron chi connectivity index (χ1n) is 5.88. The highest BCUT2D eigenvalue weighted by Crippen LogP contribution is 2.28. The maximum Gasteiger partial charge on any atom is 0.0671 e. The Labute approximate surface area is 99.5 Å². The molecule has 0 spiro atoms. The van der Waals surface area contributed by atoms with E-state index in [1.54, 1.807) is 0 Å². The molecule has 0 amide bonds. The summed E-state index contributed by atoms with van der Waals surface area (Å²) in [6, 6.07) is 12.8. The number of nitrogens with zero attached hydrogens (tertiary/aromatic N) is 1. The van der Waals surface area contributed by atoms with Crippen LogP contribution in [-0.2, 0) is 6.42 Å². The molecule has 0 unspecified atom stereocenters. The van der Waals surface area contributed by atoms with E-state index >= 15 is 0 Å². The minimum Gasteiger partial charge on any atom is -0.257 e. The number of benzene rings is 1. The molecule has 2 aliphatic carbocycles. The van der Waals surface area contributed by atoms with Crippen molar-refractivity contribution in [2.45, 2.75) is 6.42 Å². The Hall–Kier alpha value is -2.15. The number of hydrogen-bond acceptors (Lipinski definition) is 1. The second kappa shape index (κ2) is 3.17. The van der Waals surface area contributed by atoms with Gasteiger partial charge in [0, 0.05) is 12.6 Å². The summed E-state index contributed by atoms with van der Waals surface area (Å²) in [5.41, 5.74) is 5.23. The standard InChI is InChI=1S/C16H11N/c1-2-6-14-11(4-1)8-13-10-16-12(9-15(13)14)5-3-7-17-16/h1-8,10H,9H2. The highest BCUT2D eigenvalue weighted by Gasteiger charge is 2.18. The van der Waals surface area contributed by atoms with Crippen molar-refractivity contribution in [1.82, 2.24) is 4.98 Å². The predicted octanol–water partition coefficient (Wildman–Crippen LogP) is 1.67. The van der Waals surface area contributed by atoms with Gasteiger partial charge < -0.3 is 0 Å². The van der Waals surface area contributed by atoms with E-state index in [2.05, 4.69) is 47.5 Å². The molecule has 0 fully saturated rings. The molecule has 2 aromatic rings. The van der Waals surface area contributed by atoms with Crippen LogP contribution in [0.4, 0.5) is 0 Å². The molecule has 1 heterocycles. The summed E-state index contributed by atoms with van der Waals surface area (Å²) in [5, 5.41) is 2.72. The summed E-state index contributed by atoms with van der Waals surface area (Å²) >= 11 is 0. The van der Waals surface area contributed by atoms with E-state index in [0.29, 0.717) is 0 Å². The summed E-state index contributed by atoms with van der Waals surface area (Å²) in [7, 11) is 0. The molecule has 0 radical (unpaired) electrons. The highest BCUT2D eigenvalue weighted by atomic mass is 14.7. The Balaban J connectivity index is 2.07. The minimum absolute atomic E-state index is 1.00. The number of hydrogen-bond donors (Lipinski definition) is 0. The Morgan fingerprint density at radius 2 is 1.88 bits per heavy atom. The van der Waals surface area contributed by atoms with Gasteiger partial charge in [0.25, 0.3) is 0 Å². The van der Waals surface area contributed by atoms with Crippen molar-refractivity contribution in [2.24, 2.45) is 0 Å². The molecule has 4 rings (SSSR count). The van der Waals surface area contributed by atoms with Crippen molar-refractivity contribution >= 4 is 17.7 Å². The Morgan fingerprint density at radius 1 is 0.941 bits per heavy atom. The van der Waals surface area contributed by atoms with Crippen molar-refractivity contribution < 1.29 is 0 Å². The molecule has 0 aliphatic heterocycles. The second-order valence-corrected chi connectivity index (χ2v) is 4.53. The van der Waals surface area contributed by atoms with Gasteiger partial charge in [0.2, 0.25) is 0 Å². The lowest BCUT2D eigenvalue weighted by Gasteiger charge is -2.14. The molecule has 1 heteroatoms. The average Bonchev–Trinajstić information content (AvgIpc) is 2.73. The monoisotopic (exact) mass is 217 g/mol. The minimum atomic E-state index is 1.00. The van der Waals surface area contributed by atoms with Gasteiger partial charge in [0.1, 0.15) is 0 Å². The van der Waals surface area contributed by atoms with E-state index < -0.39 is 0 Å². The summed E-state index contributed by atoms with van der Waals surface area (Å²) in [6.45, 7) is 0. The molecule has 80 valence electrons. The fourth-order valence-electron chi connectivity index (χ4n) is 2.70. The van der Waals surface area contributed by atoms with E-state index in [1.807, 2.05) is 12.3 Å². The van der Waals surface area contributed by atoms with Crippen LogP contribution in [0.3, 0.4) is 0 Å². The Kier molecular flexibility index (Phi) is 1.67. The van der Waals surface area contributed by atoms with E-state index in [0.717, 1.165) is 12.1 Å². The number of aromatic nitrogens is 1. The molecule has 0 saturated carbocycles. The van der Waals surface area contributed by atoms with Gasteiger partial charge in [-0.2, -0.15) is 0 Å². The van der Waals surface area contributed by atoms with Gasteiger partial charge in [-0.1, -0.05) is 30.3 Å². The van der Waals surface area contributed by atoms with Gasteiger partial charge in [-0.25, -0.2) is 0 Å². The fraction of sp³-hybridized carbons (Fsp3) is 0.0625. The van der Waals surface area contributed by atoms with Gasteiger partial charge in [0.05, 0.1) is 5.69 Å². The number of allylic oxidation sites excluding steroid dienone is 1. The van der Waals surface area contributed by atoms with Gasteiger partial charge >= 0.3 is 0 Å². The van der Waals surface area contributed by atoms with E-state index in [4.69, 9.17) is 0 Å². The van der Waals surface area contributed by atoms with Crippen molar-refractivity contribution in [2.75, 3.05) is 0 Å². The predicted molar refractivity (Wildman–Crippen MR) is 69.5 cm³/mol. The largest absolute Gasteiger partial charge is 0.257 e. The Morgan fingerprint density at radius 3 is 2.88 bits per heavy atom. The van der Waals surface area contributed by atoms with Crippen molar-refractivity contribution in [3.8, 4) is 0 Å². The maximum atomic E-state index is 4.43. The zero-order chi connectivity index (χ0) is 11.2. The van der Waals surface area contributed by atoms with Crippen LogP contribution in [0.25, 0.3) is 17.7 Å². The maximum absolute atomic E-state index is 4.43. The normalized spacial score (nSPS) is 15.5. The van der Waals surface area contributed by atoms with E-state index in [1.165, 1.54) is 27.1 Å². The van der Waals surface area contributed by atoms with Crippen molar-refractivity contribution in [3.05, 3.63) is 69.9 Å². The molecule has 0 saturated heterocycles. The molecule has 0 N–H and O–H groups in total. The zero-order valence-corrected chi connectivity index (χ0v) is 9.35. The third kappa shape index (κ3) is 1.22. The molecular formula is C16H11N. The van der Waals surface area contributed by atoms with Gasteiger partial charge in [0.15, 0.2) is 0 Å². The topological polar surface area (TPSA) is 12.9 Å². The summed E-state index contributed by atoms with van der Waals surface area (Å²) < 4.78 is 0. The third-order valence-corrected chi connectivity index (χ3v) is 3.53. The quantitative estimate of drug-likeness (QED) is 0.654. The molecule has 17 heavy (non-hydrogen) atoms. The van der Waals surface area contributed by atoms with Crippen LogP contribution < -0.4 is 10.4 Å². The molecule has 1 aromatic heterocycles. The highest BCUT2D eigenvalue weighted by molar-refractivity contribution is 5.92. The number of rotatable bonds is 0. The average molecular weight is 217 g/mol. The molecule has 1 nitrogen and oxygen atoms in total. The lowest BCUT2D eigenvalue weighted by atomic mass is 9.92. The van der Waals surface area contributed by atoms with Crippen LogP contribution in [-0.4, -0.2) is 4.98 Å². The van der Waals surface area contributed by atoms with Crippen LogP contribution in [0, 0.1) is 0 Å². The van der Waals surface area contributed by atoms with E-state index in [9.17, 15) is 0 Å². The second-order valence-electron chi connectivity index (χ2n) is 4.53.